The fourth-order valence-corrected chi connectivity index (χ4v) is 2.92. The zero-order valence-corrected chi connectivity index (χ0v) is 12.0. The van der Waals surface area contributed by atoms with Crippen molar-refractivity contribution >= 4 is 11.8 Å². The summed E-state index contributed by atoms with van der Waals surface area (Å²) in [6.07, 6.45) is 3.65. The molecule has 0 saturated carbocycles. The molecule has 110 valence electrons. The molecule has 1 aromatic heterocycles. The highest BCUT2D eigenvalue weighted by atomic mass is 16.2. The molecule has 0 unspecified atom stereocenters. The van der Waals surface area contributed by atoms with E-state index in [0.29, 0.717) is 30.3 Å². The van der Waals surface area contributed by atoms with Gasteiger partial charge in [-0.2, -0.15) is 0 Å². The van der Waals surface area contributed by atoms with Gasteiger partial charge in [-0.1, -0.05) is 6.92 Å². The van der Waals surface area contributed by atoms with E-state index >= 15 is 0 Å². The maximum absolute atomic E-state index is 12.7. The number of amides is 2. The maximum atomic E-state index is 12.7. The van der Waals surface area contributed by atoms with Crippen molar-refractivity contribution in [3.8, 4) is 0 Å². The predicted octanol–water partition coefficient (Wildman–Crippen LogP) is 0.323. The van der Waals surface area contributed by atoms with Crippen LogP contribution in [-0.4, -0.2) is 40.4 Å². The number of aromatic nitrogens is 1. The number of carbonyl (C=O) groups is 2. The second kappa shape index (κ2) is 5.66. The minimum absolute atomic E-state index is 0.0585. The van der Waals surface area contributed by atoms with Gasteiger partial charge in [0.25, 0.3) is 5.91 Å². The first-order valence-corrected chi connectivity index (χ1v) is 6.93. The SMILES string of the molecule is C[C@H]1CCCN(C(=O)c2cc(C(N)=O)cn2C)[C@@H]1CN. The Morgan fingerprint density at radius 1 is 1.45 bits per heavy atom. The highest BCUT2D eigenvalue weighted by Crippen LogP contribution is 2.24. The zero-order chi connectivity index (χ0) is 14.9. The number of aryl methyl sites for hydroxylation is 1. The predicted molar refractivity (Wildman–Crippen MR) is 76.2 cm³/mol. The monoisotopic (exact) mass is 278 g/mol. The Bertz CT molecular complexity index is 523. The minimum atomic E-state index is -0.526. The molecule has 2 heterocycles. The van der Waals surface area contributed by atoms with Crippen molar-refractivity contribution in [3.63, 3.8) is 0 Å². The number of nitrogens with zero attached hydrogens (tertiary/aromatic N) is 2. The van der Waals surface area contributed by atoms with Crippen LogP contribution >= 0.6 is 0 Å². The lowest BCUT2D eigenvalue weighted by molar-refractivity contribution is 0.0523. The number of nitrogens with two attached hydrogens (primary N) is 2. The fourth-order valence-electron chi connectivity index (χ4n) is 2.92. The molecule has 1 saturated heterocycles. The number of carbonyl (C=O) groups excluding carboxylic acids is 2. The normalized spacial score (nSPS) is 22.9. The molecule has 4 N–H and O–H groups in total. The highest BCUT2D eigenvalue weighted by molar-refractivity contribution is 5.98. The Kier molecular flexibility index (Phi) is 4.13. The summed E-state index contributed by atoms with van der Waals surface area (Å²) in [5.41, 5.74) is 11.9. The van der Waals surface area contributed by atoms with Crippen LogP contribution < -0.4 is 11.5 Å². The third-order valence-electron chi connectivity index (χ3n) is 4.13. The molecule has 0 aliphatic carbocycles. The van der Waals surface area contributed by atoms with Crippen LogP contribution in [0, 0.1) is 5.92 Å². The molecule has 1 fully saturated rings. The van der Waals surface area contributed by atoms with Crippen LogP contribution in [0.1, 0.15) is 40.6 Å². The van der Waals surface area contributed by atoms with Gasteiger partial charge in [-0.05, 0) is 24.8 Å². The van der Waals surface area contributed by atoms with E-state index in [2.05, 4.69) is 6.92 Å². The van der Waals surface area contributed by atoms with Crippen LogP contribution in [0.25, 0.3) is 0 Å². The van der Waals surface area contributed by atoms with E-state index in [4.69, 9.17) is 11.5 Å². The summed E-state index contributed by atoms with van der Waals surface area (Å²) in [5.74, 6) is -0.211. The van der Waals surface area contributed by atoms with E-state index in [1.807, 2.05) is 4.90 Å². The summed E-state index contributed by atoms with van der Waals surface area (Å²) in [5, 5.41) is 0. The molecule has 2 atom stereocenters. The Balaban J connectivity index is 2.28. The van der Waals surface area contributed by atoms with Gasteiger partial charge in [0.05, 0.1) is 5.56 Å². The van der Waals surface area contributed by atoms with Crippen LogP contribution in [0.4, 0.5) is 0 Å². The van der Waals surface area contributed by atoms with Gasteiger partial charge in [-0.15, -0.1) is 0 Å². The molecule has 20 heavy (non-hydrogen) atoms. The van der Waals surface area contributed by atoms with E-state index in [9.17, 15) is 9.59 Å². The Labute approximate surface area is 118 Å². The molecular weight excluding hydrogens is 256 g/mol. The third-order valence-corrected chi connectivity index (χ3v) is 4.13. The molecule has 0 aromatic carbocycles. The van der Waals surface area contributed by atoms with Gasteiger partial charge in [0, 0.05) is 32.4 Å². The van der Waals surface area contributed by atoms with E-state index in [0.717, 1.165) is 12.8 Å². The summed E-state index contributed by atoms with van der Waals surface area (Å²) in [6, 6.07) is 1.61. The third kappa shape index (κ3) is 2.56. The molecule has 6 heteroatoms. The molecule has 1 aliphatic rings. The molecule has 1 aliphatic heterocycles. The van der Waals surface area contributed by atoms with Gasteiger partial charge in [-0.25, -0.2) is 0 Å². The van der Waals surface area contributed by atoms with E-state index in [-0.39, 0.29) is 11.9 Å². The van der Waals surface area contributed by atoms with Crippen molar-refractivity contribution in [3.05, 3.63) is 23.5 Å². The van der Waals surface area contributed by atoms with Crippen LogP contribution in [0.5, 0.6) is 0 Å². The van der Waals surface area contributed by atoms with Gasteiger partial charge >= 0.3 is 0 Å². The van der Waals surface area contributed by atoms with Crippen molar-refractivity contribution in [2.45, 2.75) is 25.8 Å². The molecule has 6 nitrogen and oxygen atoms in total. The first-order valence-electron chi connectivity index (χ1n) is 6.93. The molecule has 2 rings (SSSR count). The molecule has 0 bridgehead atoms. The fraction of sp³-hybridized carbons (Fsp3) is 0.571. The lowest BCUT2D eigenvalue weighted by Crippen LogP contribution is -2.51. The number of hydrogen-bond donors (Lipinski definition) is 2. The van der Waals surface area contributed by atoms with Crippen LogP contribution in [-0.2, 0) is 7.05 Å². The van der Waals surface area contributed by atoms with Gasteiger partial charge in [-0.3, -0.25) is 9.59 Å². The number of piperidine rings is 1. The lowest BCUT2D eigenvalue weighted by atomic mass is 9.90. The van der Waals surface area contributed by atoms with Crippen molar-refractivity contribution < 1.29 is 9.59 Å². The quantitative estimate of drug-likeness (QED) is 0.833. The van der Waals surface area contributed by atoms with Crippen molar-refractivity contribution in [2.24, 2.45) is 24.4 Å². The zero-order valence-electron chi connectivity index (χ0n) is 12.0. The van der Waals surface area contributed by atoms with E-state index in [1.54, 1.807) is 23.9 Å². The molecule has 2 amide bonds. The number of primary amides is 1. The second-order valence-electron chi connectivity index (χ2n) is 5.51. The topological polar surface area (TPSA) is 94.3 Å². The number of hydrogen-bond acceptors (Lipinski definition) is 3. The maximum Gasteiger partial charge on any atom is 0.270 e. The van der Waals surface area contributed by atoms with Crippen molar-refractivity contribution in [1.29, 1.82) is 0 Å². The van der Waals surface area contributed by atoms with Gasteiger partial charge in [0.1, 0.15) is 5.69 Å². The summed E-state index contributed by atoms with van der Waals surface area (Å²) < 4.78 is 1.65. The van der Waals surface area contributed by atoms with E-state index < -0.39 is 5.91 Å². The van der Waals surface area contributed by atoms with Crippen LogP contribution in [0.2, 0.25) is 0 Å². The lowest BCUT2D eigenvalue weighted by Gasteiger charge is -2.39. The van der Waals surface area contributed by atoms with Crippen molar-refractivity contribution in [1.82, 2.24) is 9.47 Å². The smallest absolute Gasteiger partial charge is 0.270 e. The number of rotatable bonds is 3. The molecule has 0 radical (unpaired) electrons. The first-order chi connectivity index (χ1) is 9.45. The average molecular weight is 278 g/mol. The summed E-state index contributed by atoms with van der Waals surface area (Å²) in [7, 11) is 1.74. The standard InChI is InChI=1S/C14H22N4O2/c1-9-4-3-5-18(12(9)7-15)14(20)11-6-10(13(16)19)8-17(11)2/h6,8-9,12H,3-5,7,15H2,1-2H3,(H2,16,19)/t9-,12+/m0/s1. The van der Waals surface area contributed by atoms with E-state index in [1.165, 1.54) is 0 Å². The van der Waals surface area contributed by atoms with Gasteiger partial charge in [0.15, 0.2) is 0 Å². The highest BCUT2D eigenvalue weighted by Gasteiger charge is 2.32. The second-order valence-corrected chi connectivity index (χ2v) is 5.51. The Morgan fingerprint density at radius 3 is 2.70 bits per heavy atom. The van der Waals surface area contributed by atoms with Gasteiger partial charge < -0.3 is 20.9 Å². The average Bonchev–Trinajstić information content (AvgIpc) is 2.80. The molecule has 1 aromatic rings. The van der Waals surface area contributed by atoms with Crippen molar-refractivity contribution in [2.75, 3.05) is 13.1 Å². The summed E-state index contributed by atoms with van der Waals surface area (Å²) in [6.45, 7) is 3.29. The van der Waals surface area contributed by atoms with Crippen LogP contribution in [0.15, 0.2) is 12.3 Å². The first kappa shape index (κ1) is 14.6. The Hall–Kier alpha value is -1.82. The molecule has 0 spiro atoms. The molecular formula is C14H22N4O2. The minimum Gasteiger partial charge on any atom is -0.366 e. The summed E-state index contributed by atoms with van der Waals surface area (Å²) in [4.78, 5) is 25.7. The van der Waals surface area contributed by atoms with Gasteiger partial charge in [0.2, 0.25) is 5.91 Å². The largest absolute Gasteiger partial charge is 0.366 e. The number of likely N-dealkylation sites (tertiary alicyclic amines) is 1. The Morgan fingerprint density at radius 2 is 2.15 bits per heavy atom. The van der Waals surface area contributed by atoms with Crippen LogP contribution in [0.3, 0.4) is 0 Å². The summed E-state index contributed by atoms with van der Waals surface area (Å²) >= 11 is 0.